The number of para-hydroxylation sites is 3. The first-order chi connectivity index (χ1) is 30.2. The Hall–Kier alpha value is -8.14. The summed E-state index contributed by atoms with van der Waals surface area (Å²) in [7, 11) is 0. The zero-order valence-corrected chi connectivity index (χ0v) is 33.2. The highest BCUT2D eigenvalue weighted by atomic mass is 16.3. The Morgan fingerprint density at radius 3 is 1.54 bits per heavy atom. The molecular weight excluding hydrogens is 741 g/mol. The van der Waals surface area contributed by atoms with Crippen molar-refractivity contribution in [2.75, 3.05) is 4.90 Å². The Morgan fingerprint density at radius 1 is 0.295 bits per heavy atom. The van der Waals surface area contributed by atoms with Gasteiger partial charge in [0.05, 0.1) is 11.0 Å². The van der Waals surface area contributed by atoms with E-state index in [1.54, 1.807) is 0 Å². The highest BCUT2D eigenvalue weighted by Crippen LogP contribution is 2.41. The fourth-order valence-corrected chi connectivity index (χ4v) is 9.20. The van der Waals surface area contributed by atoms with Gasteiger partial charge < -0.3 is 13.9 Å². The molecule has 0 unspecified atom stereocenters. The number of nitrogens with zero attached hydrogens (tertiary/aromatic N) is 2. The van der Waals surface area contributed by atoms with E-state index in [1.165, 1.54) is 49.3 Å². The molecule has 12 aromatic rings. The Kier molecular flexibility index (Phi) is 8.17. The number of hydrogen-bond acceptors (Lipinski definition) is 2. The fraction of sp³-hybridized carbons (Fsp3) is 0. The van der Waals surface area contributed by atoms with Crippen LogP contribution in [-0.2, 0) is 0 Å². The van der Waals surface area contributed by atoms with Crippen LogP contribution in [-0.4, -0.2) is 4.57 Å². The number of hydrogen-bond donors (Lipinski definition) is 0. The van der Waals surface area contributed by atoms with Crippen LogP contribution in [0.4, 0.5) is 17.1 Å². The topological polar surface area (TPSA) is 21.3 Å². The van der Waals surface area contributed by atoms with E-state index < -0.39 is 0 Å². The highest BCUT2D eigenvalue weighted by Gasteiger charge is 2.17. The molecule has 3 heteroatoms. The van der Waals surface area contributed by atoms with Crippen molar-refractivity contribution in [1.82, 2.24) is 4.57 Å². The van der Waals surface area contributed by atoms with E-state index in [1.807, 2.05) is 12.1 Å². The van der Waals surface area contributed by atoms with Crippen LogP contribution in [0.2, 0.25) is 0 Å². The van der Waals surface area contributed by atoms with Gasteiger partial charge in [0.2, 0.25) is 0 Å². The first kappa shape index (κ1) is 34.9. The van der Waals surface area contributed by atoms with Gasteiger partial charge in [-0.15, -0.1) is 0 Å². The van der Waals surface area contributed by atoms with Crippen molar-refractivity contribution in [3.8, 4) is 39.1 Å². The van der Waals surface area contributed by atoms with Gasteiger partial charge >= 0.3 is 0 Å². The predicted molar refractivity (Wildman–Crippen MR) is 257 cm³/mol. The van der Waals surface area contributed by atoms with Crippen LogP contribution < -0.4 is 4.90 Å². The van der Waals surface area contributed by atoms with E-state index in [0.717, 1.165) is 61.4 Å². The van der Waals surface area contributed by atoms with E-state index in [9.17, 15) is 0 Å². The van der Waals surface area contributed by atoms with Gasteiger partial charge in [0.1, 0.15) is 11.2 Å². The lowest BCUT2D eigenvalue weighted by molar-refractivity contribution is 0.669. The maximum atomic E-state index is 6.31. The molecule has 0 amide bonds. The average molecular weight is 779 g/mol. The van der Waals surface area contributed by atoms with Crippen molar-refractivity contribution in [2.45, 2.75) is 0 Å². The molecule has 0 radical (unpaired) electrons. The van der Waals surface area contributed by atoms with Crippen LogP contribution in [0.25, 0.3) is 93.6 Å². The van der Waals surface area contributed by atoms with Gasteiger partial charge in [-0.2, -0.15) is 0 Å². The number of furan rings is 1. The number of anilines is 3. The minimum absolute atomic E-state index is 0.891. The summed E-state index contributed by atoms with van der Waals surface area (Å²) in [5.41, 5.74) is 15.5. The molecule has 0 spiro atoms. The standard InChI is InChI=1S/C58H38N2O/c1-2-13-41-34-45(27-26-39(41)12-1)43-15-10-17-48(36-43)59(49-18-11-16-44(37-49)46-30-33-54-53-22-5-8-25-57(53)61-58(54)38-46)47-31-28-40(29-32-47)42-14-9-19-50(35-42)60-55-23-6-3-20-51(55)52-21-4-7-24-56(52)60/h1-38H. The zero-order chi connectivity index (χ0) is 40.3. The van der Waals surface area contributed by atoms with Gasteiger partial charge in [0, 0.05) is 44.3 Å². The second-order valence-corrected chi connectivity index (χ2v) is 15.8. The van der Waals surface area contributed by atoms with Crippen LogP contribution in [0.5, 0.6) is 0 Å². The third-order valence-corrected chi connectivity index (χ3v) is 12.1. The smallest absolute Gasteiger partial charge is 0.136 e. The van der Waals surface area contributed by atoms with Gasteiger partial charge in [-0.25, -0.2) is 0 Å². The second-order valence-electron chi connectivity index (χ2n) is 15.8. The maximum Gasteiger partial charge on any atom is 0.136 e. The fourth-order valence-electron chi connectivity index (χ4n) is 9.20. The lowest BCUT2D eigenvalue weighted by Gasteiger charge is -2.27. The monoisotopic (exact) mass is 778 g/mol. The second kappa shape index (κ2) is 14.3. The molecule has 0 fully saturated rings. The highest BCUT2D eigenvalue weighted by molar-refractivity contribution is 6.09. The molecule has 0 aliphatic heterocycles. The Morgan fingerprint density at radius 2 is 0.820 bits per heavy atom. The Bertz CT molecular complexity index is 3560. The zero-order valence-electron chi connectivity index (χ0n) is 33.2. The molecule has 0 bridgehead atoms. The molecule has 0 saturated heterocycles. The Balaban J connectivity index is 0.957. The average Bonchev–Trinajstić information content (AvgIpc) is 3.87. The van der Waals surface area contributed by atoms with Crippen LogP contribution >= 0.6 is 0 Å². The molecule has 0 saturated carbocycles. The largest absolute Gasteiger partial charge is 0.456 e. The maximum absolute atomic E-state index is 6.31. The van der Waals surface area contributed by atoms with Crippen molar-refractivity contribution in [1.29, 1.82) is 0 Å². The molecule has 2 heterocycles. The molecular formula is C58H38N2O. The summed E-state index contributed by atoms with van der Waals surface area (Å²) >= 11 is 0. The summed E-state index contributed by atoms with van der Waals surface area (Å²) in [5.74, 6) is 0. The van der Waals surface area contributed by atoms with Gasteiger partial charge in [-0.05, 0) is 129 Å². The Labute approximate surface area is 353 Å². The van der Waals surface area contributed by atoms with Crippen LogP contribution in [0, 0.1) is 0 Å². The summed E-state index contributed by atoms with van der Waals surface area (Å²) in [6, 6.07) is 83.0. The molecule has 0 N–H and O–H groups in total. The van der Waals surface area contributed by atoms with E-state index in [-0.39, 0.29) is 0 Å². The molecule has 0 aliphatic rings. The molecule has 61 heavy (non-hydrogen) atoms. The summed E-state index contributed by atoms with van der Waals surface area (Å²) in [5, 5.41) is 7.26. The third-order valence-electron chi connectivity index (χ3n) is 12.1. The molecule has 3 nitrogen and oxygen atoms in total. The third kappa shape index (κ3) is 6.06. The molecule has 10 aromatic carbocycles. The van der Waals surface area contributed by atoms with Crippen molar-refractivity contribution in [3.05, 3.63) is 231 Å². The molecule has 12 rings (SSSR count). The van der Waals surface area contributed by atoms with E-state index in [2.05, 4.69) is 228 Å². The quantitative estimate of drug-likeness (QED) is 0.161. The molecule has 0 aliphatic carbocycles. The molecule has 0 atom stereocenters. The first-order valence-electron chi connectivity index (χ1n) is 20.8. The lowest BCUT2D eigenvalue weighted by atomic mass is 9.99. The number of aromatic nitrogens is 1. The molecule has 2 aromatic heterocycles. The van der Waals surface area contributed by atoms with Crippen molar-refractivity contribution in [3.63, 3.8) is 0 Å². The van der Waals surface area contributed by atoms with Crippen molar-refractivity contribution in [2.24, 2.45) is 0 Å². The minimum Gasteiger partial charge on any atom is -0.456 e. The van der Waals surface area contributed by atoms with Crippen molar-refractivity contribution >= 4 is 71.6 Å². The van der Waals surface area contributed by atoms with Gasteiger partial charge in [-0.3, -0.25) is 0 Å². The SMILES string of the molecule is c1cc(-c2ccc3ccccc3c2)cc(N(c2ccc(-c3cccc(-n4c5ccccc5c5ccccc54)c3)cc2)c2cccc(-c3ccc4c(c3)oc3ccccc34)c2)c1. The summed E-state index contributed by atoms with van der Waals surface area (Å²) in [4.78, 5) is 2.37. The summed E-state index contributed by atoms with van der Waals surface area (Å²) in [6.45, 7) is 0. The van der Waals surface area contributed by atoms with E-state index >= 15 is 0 Å². The number of benzene rings is 10. The number of rotatable bonds is 7. The number of fused-ring (bicyclic) bond motifs is 7. The molecule has 286 valence electrons. The van der Waals surface area contributed by atoms with Gasteiger partial charge in [0.15, 0.2) is 0 Å². The summed E-state index contributed by atoms with van der Waals surface area (Å²) < 4.78 is 8.70. The van der Waals surface area contributed by atoms with Crippen LogP contribution in [0.1, 0.15) is 0 Å². The first-order valence-corrected chi connectivity index (χ1v) is 20.8. The normalized spacial score (nSPS) is 11.6. The van der Waals surface area contributed by atoms with Crippen LogP contribution in [0.15, 0.2) is 235 Å². The van der Waals surface area contributed by atoms with Crippen molar-refractivity contribution < 1.29 is 4.42 Å². The minimum atomic E-state index is 0.891. The van der Waals surface area contributed by atoms with E-state index in [0.29, 0.717) is 0 Å². The van der Waals surface area contributed by atoms with E-state index in [4.69, 9.17) is 4.42 Å². The predicted octanol–water partition coefficient (Wildman–Crippen LogP) is 16.3. The summed E-state index contributed by atoms with van der Waals surface area (Å²) in [6.07, 6.45) is 0. The van der Waals surface area contributed by atoms with Gasteiger partial charge in [-0.1, -0.05) is 146 Å². The van der Waals surface area contributed by atoms with Crippen LogP contribution in [0.3, 0.4) is 0 Å². The lowest BCUT2D eigenvalue weighted by Crippen LogP contribution is -2.10. The van der Waals surface area contributed by atoms with Gasteiger partial charge in [0.25, 0.3) is 0 Å².